The third kappa shape index (κ3) is 3.55. The Morgan fingerprint density at radius 1 is 1.33 bits per heavy atom. The van der Waals surface area contributed by atoms with E-state index in [-0.39, 0.29) is 0 Å². The summed E-state index contributed by atoms with van der Waals surface area (Å²) in [6.07, 6.45) is 7.16. The minimum atomic E-state index is 0.493. The van der Waals surface area contributed by atoms with E-state index in [0.29, 0.717) is 6.04 Å². The lowest BCUT2D eigenvalue weighted by atomic mass is 9.89. The second-order valence-corrected chi connectivity index (χ2v) is 4.05. The van der Waals surface area contributed by atoms with E-state index in [1.54, 1.807) is 0 Å². The largest absolute Gasteiger partial charge is 0.329 e. The van der Waals surface area contributed by atoms with Crippen LogP contribution in [-0.2, 0) is 0 Å². The van der Waals surface area contributed by atoms with E-state index in [0.717, 1.165) is 12.5 Å². The molecule has 0 radical (unpaired) electrons. The zero-order valence-electron chi connectivity index (χ0n) is 8.18. The summed E-state index contributed by atoms with van der Waals surface area (Å²) in [7, 11) is 0. The summed E-state index contributed by atoms with van der Waals surface area (Å²) >= 11 is 0. The lowest BCUT2D eigenvalue weighted by Crippen LogP contribution is -2.36. The highest BCUT2D eigenvalue weighted by Gasteiger charge is 2.13. The van der Waals surface area contributed by atoms with E-state index in [1.165, 1.54) is 38.6 Å². The van der Waals surface area contributed by atoms with Crippen molar-refractivity contribution in [2.75, 3.05) is 13.1 Å². The van der Waals surface area contributed by atoms with Crippen LogP contribution in [0.5, 0.6) is 0 Å². The first-order chi connectivity index (χ1) is 5.83. The van der Waals surface area contributed by atoms with Gasteiger partial charge in [-0.3, -0.25) is 0 Å². The molecule has 1 saturated carbocycles. The van der Waals surface area contributed by atoms with Gasteiger partial charge in [0.15, 0.2) is 0 Å². The Morgan fingerprint density at radius 2 is 2.00 bits per heavy atom. The lowest BCUT2D eigenvalue weighted by Gasteiger charge is -2.23. The summed E-state index contributed by atoms with van der Waals surface area (Å²) in [5.41, 5.74) is 5.53. The molecule has 1 rings (SSSR count). The highest BCUT2D eigenvalue weighted by atomic mass is 14.9. The fourth-order valence-corrected chi connectivity index (χ4v) is 1.84. The molecule has 0 heterocycles. The van der Waals surface area contributed by atoms with Crippen molar-refractivity contribution in [1.82, 2.24) is 5.32 Å². The molecule has 0 saturated heterocycles. The predicted octanol–water partition coefficient (Wildman–Crippen LogP) is 1.50. The van der Waals surface area contributed by atoms with Gasteiger partial charge < -0.3 is 11.1 Å². The monoisotopic (exact) mass is 170 g/mol. The summed E-state index contributed by atoms with van der Waals surface area (Å²) in [6.45, 7) is 4.09. The maximum absolute atomic E-state index is 5.53. The van der Waals surface area contributed by atoms with Gasteiger partial charge in [-0.1, -0.05) is 19.3 Å². The van der Waals surface area contributed by atoms with Gasteiger partial charge in [-0.15, -0.1) is 0 Å². The van der Waals surface area contributed by atoms with Crippen molar-refractivity contribution in [1.29, 1.82) is 0 Å². The molecule has 0 spiro atoms. The van der Waals surface area contributed by atoms with Crippen molar-refractivity contribution in [2.24, 2.45) is 11.7 Å². The fraction of sp³-hybridized carbons (Fsp3) is 1.00. The van der Waals surface area contributed by atoms with Crippen LogP contribution in [0.2, 0.25) is 0 Å². The van der Waals surface area contributed by atoms with Crippen LogP contribution in [0, 0.1) is 5.92 Å². The van der Waals surface area contributed by atoms with Gasteiger partial charge in [0.25, 0.3) is 0 Å². The van der Waals surface area contributed by atoms with Crippen molar-refractivity contribution in [2.45, 2.75) is 45.1 Å². The van der Waals surface area contributed by atoms with Crippen LogP contribution in [-0.4, -0.2) is 19.1 Å². The van der Waals surface area contributed by atoms with Crippen LogP contribution in [0.25, 0.3) is 0 Å². The van der Waals surface area contributed by atoms with Crippen LogP contribution in [0.1, 0.15) is 39.0 Å². The number of nitrogens with two attached hydrogens (primary N) is 1. The van der Waals surface area contributed by atoms with E-state index < -0.39 is 0 Å². The normalized spacial score (nSPS) is 22.5. The molecule has 0 aromatic rings. The van der Waals surface area contributed by atoms with Gasteiger partial charge in [0.2, 0.25) is 0 Å². The predicted molar refractivity (Wildman–Crippen MR) is 53.1 cm³/mol. The molecule has 2 heteroatoms. The molecule has 1 fully saturated rings. The molecule has 1 aliphatic carbocycles. The molecule has 2 nitrogen and oxygen atoms in total. The van der Waals surface area contributed by atoms with Gasteiger partial charge in [-0.05, 0) is 32.2 Å². The van der Waals surface area contributed by atoms with Gasteiger partial charge in [-0.25, -0.2) is 0 Å². The standard InChI is InChI=1S/C10H22N2/c1-9(7-11)12-8-10-5-3-2-4-6-10/h9-10,12H,2-8,11H2,1H3/t9-/m1/s1. The second-order valence-electron chi connectivity index (χ2n) is 4.05. The number of rotatable bonds is 4. The first-order valence-corrected chi connectivity index (χ1v) is 5.26. The van der Waals surface area contributed by atoms with Crippen molar-refractivity contribution in [3.05, 3.63) is 0 Å². The molecule has 1 atom stereocenters. The van der Waals surface area contributed by atoms with E-state index in [1.807, 2.05) is 0 Å². The third-order valence-corrected chi connectivity index (χ3v) is 2.83. The molecule has 0 amide bonds. The van der Waals surface area contributed by atoms with Gasteiger partial charge in [-0.2, -0.15) is 0 Å². The smallest absolute Gasteiger partial charge is 0.0162 e. The lowest BCUT2D eigenvalue weighted by molar-refractivity contribution is 0.331. The topological polar surface area (TPSA) is 38.0 Å². The number of hydrogen-bond donors (Lipinski definition) is 2. The Hall–Kier alpha value is -0.0800. The minimum Gasteiger partial charge on any atom is -0.329 e. The van der Waals surface area contributed by atoms with Gasteiger partial charge in [0.05, 0.1) is 0 Å². The van der Waals surface area contributed by atoms with Gasteiger partial charge in [0, 0.05) is 12.6 Å². The first-order valence-electron chi connectivity index (χ1n) is 5.26. The van der Waals surface area contributed by atoms with Crippen molar-refractivity contribution in [3.8, 4) is 0 Å². The van der Waals surface area contributed by atoms with Crippen molar-refractivity contribution in [3.63, 3.8) is 0 Å². The average Bonchev–Trinajstić information content (AvgIpc) is 2.16. The van der Waals surface area contributed by atoms with Crippen LogP contribution in [0.3, 0.4) is 0 Å². The molecule has 0 unspecified atom stereocenters. The molecule has 0 aliphatic heterocycles. The molecular weight excluding hydrogens is 148 g/mol. The fourth-order valence-electron chi connectivity index (χ4n) is 1.84. The zero-order chi connectivity index (χ0) is 8.81. The maximum Gasteiger partial charge on any atom is 0.0162 e. The molecule has 1 aliphatic rings. The molecule has 0 aromatic carbocycles. The Balaban J connectivity index is 2.05. The van der Waals surface area contributed by atoms with Crippen LogP contribution in [0.15, 0.2) is 0 Å². The molecule has 72 valence electrons. The van der Waals surface area contributed by atoms with E-state index in [4.69, 9.17) is 5.73 Å². The number of nitrogens with one attached hydrogen (secondary N) is 1. The molecule has 0 bridgehead atoms. The molecular formula is C10H22N2. The Kier molecular flexibility index (Phi) is 4.62. The van der Waals surface area contributed by atoms with E-state index in [9.17, 15) is 0 Å². The van der Waals surface area contributed by atoms with Gasteiger partial charge in [0.1, 0.15) is 0 Å². The summed E-state index contributed by atoms with van der Waals surface area (Å²) in [6, 6.07) is 0.493. The first kappa shape index (κ1) is 10.0. The Bertz CT molecular complexity index is 108. The van der Waals surface area contributed by atoms with Crippen LogP contribution < -0.4 is 11.1 Å². The summed E-state index contributed by atoms with van der Waals surface area (Å²) < 4.78 is 0. The molecule has 12 heavy (non-hydrogen) atoms. The van der Waals surface area contributed by atoms with Crippen LogP contribution >= 0.6 is 0 Å². The molecule has 3 N–H and O–H groups in total. The summed E-state index contributed by atoms with van der Waals surface area (Å²) in [5.74, 6) is 0.924. The van der Waals surface area contributed by atoms with Crippen LogP contribution in [0.4, 0.5) is 0 Å². The Morgan fingerprint density at radius 3 is 2.58 bits per heavy atom. The number of hydrogen-bond acceptors (Lipinski definition) is 2. The second kappa shape index (κ2) is 5.55. The molecule has 0 aromatic heterocycles. The SMILES string of the molecule is C[C@H](CN)NCC1CCCCC1. The average molecular weight is 170 g/mol. The van der Waals surface area contributed by atoms with Gasteiger partial charge >= 0.3 is 0 Å². The third-order valence-electron chi connectivity index (χ3n) is 2.83. The minimum absolute atomic E-state index is 0.493. The Labute approximate surface area is 75.9 Å². The highest BCUT2D eigenvalue weighted by molar-refractivity contribution is 4.70. The van der Waals surface area contributed by atoms with E-state index in [2.05, 4.69) is 12.2 Å². The quantitative estimate of drug-likeness (QED) is 0.671. The maximum atomic E-state index is 5.53. The highest BCUT2D eigenvalue weighted by Crippen LogP contribution is 2.22. The van der Waals surface area contributed by atoms with Crippen molar-refractivity contribution >= 4 is 0 Å². The van der Waals surface area contributed by atoms with Crippen molar-refractivity contribution < 1.29 is 0 Å². The zero-order valence-corrected chi connectivity index (χ0v) is 8.18. The summed E-state index contributed by atoms with van der Waals surface area (Å²) in [5, 5.41) is 3.48. The van der Waals surface area contributed by atoms with E-state index >= 15 is 0 Å². The summed E-state index contributed by atoms with van der Waals surface area (Å²) in [4.78, 5) is 0.